The second kappa shape index (κ2) is 4.84. The molecule has 0 aromatic carbocycles. The molecule has 0 saturated carbocycles. The average molecular weight is 194 g/mol. The normalized spacial score (nSPS) is 20.7. The van der Waals surface area contributed by atoms with E-state index in [1.54, 1.807) is 0 Å². The molecule has 1 rings (SSSR count). The Labute approximate surface area is 88.2 Å². The van der Waals surface area contributed by atoms with Crippen molar-refractivity contribution >= 4 is 0 Å². The first kappa shape index (κ1) is 11.6. The van der Waals surface area contributed by atoms with Gasteiger partial charge >= 0.3 is 0 Å². The smallest absolute Gasteiger partial charge is 0.0480 e. The minimum atomic E-state index is 0.225. The fourth-order valence-corrected chi connectivity index (χ4v) is 1.87. The van der Waals surface area contributed by atoms with Crippen molar-refractivity contribution in [3.63, 3.8) is 0 Å². The van der Waals surface area contributed by atoms with Gasteiger partial charge in [0, 0.05) is 24.5 Å². The first-order valence-electron chi connectivity index (χ1n) is 5.67. The van der Waals surface area contributed by atoms with Crippen LogP contribution >= 0.6 is 0 Å². The third-order valence-electron chi connectivity index (χ3n) is 3.10. The van der Waals surface area contributed by atoms with Crippen LogP contribution in [-0.4, -0.2) is 13.2 Å². The lowest BCUT2D eigenvalue weighted by molar-refractivity contribution is 0.0214. The first-order chi connectivity index (χ1) is 6.57. The van der Waals surface area contributed by atoms with E-state index in [1.807, 2.05) is 0 Å². The van der Waals surface area contributed by atoms with Gasteiger partial charge in [0.25, 0.3) is 0 Å². The summed E-state index contributed by atoms with van der Waals surface area (Å²) in [5.41, 5.74) is 0.225. The van der Waals surface area contributed by atoms with Crippen LogP contribution in [0.1, 0.15) is 40.5 Å². The van der Waals surface area contributed by atoms with E-state index in [4.69, 9.17) is 4.74 Å². The summed E-state index contributed by atoms with van der Waals surface area (Å²) in [7, 11) is 0. The van der Waals surface area contributed by atoms with Gasteiger partial charge in [-0.15, -0.1) is 0 Å². The third kappa shape index (κ3) is 2.75. The predicted octanol–water partition coefficient (Wildman–Crippen LogP) is 3.10. The summed E-state index contributed by atoms with van der Waals surface area (Å²) in [6.07, 6.45) is 2.20. The first-order valence-corrected chi connectivity index (χ1v) is 5.67. The zero-order valence-corrected chi connectivity index (χ0v) is 9.89. The van der Waals surface area contributed by atoms with Gasteiger partial charge < -0.3 is 4.74 Å². The van der Waals surface area contributed by atoms with Crippen molar-refractivity contribution < 1.29 is 4.74 Å². The second-order valence-corrected chi connectivity index (χ2v) is 4.85. The van der Waals surface area contributed by atoms with E-state index in [0.717, 1.165) is 26.1 Å². The van der Waals surface area contributed by atoms with Crippen LogP contribution in [0.3, 0.4) is 0 Å². The summed E-state index contributed by atoms with van der Waals surface area (Å²) in [5, 5.41) is 0. The Bertz CT molecular complexity index is 223. The zero-order chi connectivity index (χ0) is 10.6. The highest BCUT2D eigenvalue weighted by Crippen LogP contribution is 2.37. The number of ether oxygens (including phenoxy) is 1. The van der Waals surface area contributed by atoms with Crippen LogP contribution in [0.5, 0.6) is 0 Å². The van der Waals surface area contributed by atoms with Crippen molar-refractivity contribution in [2.75, 3.05) is 13.2 Å². The highest BCUT2D eigenvalue weighted by atomic mass is 16.5. The molecular weight excluding hydrogens is 172 g/mol. The van der Waals surface area contributed by atoms with E-state index in [-0.39, 0.29) is 5.41 Å². The summed E-state index contributed by atoms with van der Waals surface area (Å²) in [5.74, 6) is 7.95. The lowest BCUT2D eigenvalue weighted by atomic mass is 9.72. The minimum absolute atomic E-state index is 0.225. The maximum Gasteiger partial charge on any atom is 0.0480 e. The Kier molecular flexibility index (Phi) is 4.01. The Balaban J connectivity index is 2.77. The van der Waals surface area contributed by atoms with Crippen molar-refractivity contribution in [3.05, 3.63) is 0 Å². The molecule has 0 spiro atoms. The Morgan fingerprint density at radius 3 is 2.07 bits per heavy atom. The molecule has 0 amide bonds. The molecular formula is C13H22O. The van der Waals surface area contributed by atoms with Crippen LogP contribution < -0.4 is 0 Å². The minimum Gasteiger partial charge on any atom is -0.381 e. The van der Waals surface area contributed by atoms with Crippen molar-refractivity contribution in [1.82, 2.24) is 0 Å². The molecule has 1 saturated heterocycles. The molecule has 1 aliphatic rings. The van der Waals surface area contributed by atoms with Gasteiger partial charge in [0.05, 0.1) is 0 Å². The van der Waals surface area contributed by atoms with Crippen molar-refractivity contribution in [2.24, 2.45) is 17.3 Å². The molecule has 0 aromatic rings. The molecule has 0 aliphatic carbocycles. The SMILES string of the molecule is CC(C)C#CC1(C(C)C)CCOCC1. The largest absolute Gasteiger partial charge is 0.381 e. The molecule has 0 atom stereocenters. The standard InChI is InChI=1S/C13H22O/c1-11(2)5-6-13(12(3)4)7-9-14-10-8-13/h11-12H,7-10H2,1-4H3. The third-order valence-corrected chi connectivity index (χ3v) is 3.10. The van der Waals surface area contributed by atoms with Gasteiger partial charge in [0.1, 0.15) is 0 Å². The summed E-state index contributed by atoms with van der Waals surface area (Å²) in [6.45, 7) is 10.6. The molecule has 0 N–H and O–H groups in total. The van der Waals surface area contributed by atoms with Gasteiger partial charge in [0.15, 0.2) is 0 Å². The zero-order valence-electron chi connectivity index (χ0n) is 9.89. The van der Waals surface area contributed by atoms with Gasteiger partial charge in [-0.2, -0.15) is 0 Å². The monoisotopic (exact) mass is 194 g/mol. The van der Waals surface area contributed by atoms with Crippen LogP contribution in [0.25, 0.3) is 0 Å². The van der Waals surface area contributed by atoms with Gasteiger partial charge in [-0.3, -0.25) is 0 Å². The highest BCUT2D eigenvalue weighted by Gasteiger charge is 2.33. The molecule has 0 radical (unpaired) electrons. The molecule has 0 aromatic heterocycles. The van der Waals surface area contributed by atoms with Crippen molar-refractivity contribution in [1.29, 1.82) is 0 Å². The molecule has 1 heteroatoms. The van der Waals surface area contributed by atoms with E-state index in [2.05, 4.69) is 39.5 Å². The second-order valence-electron chi connectivity index (χ2n) is 4.85. The summed E-state index contributed by atoms with van der Waals surface area (Å²) >= 11 is 0. The fraction of sp³-hybridized carbons (Fsp3) is 0.846. The number of hydrogen-bond acceptors (Lipinski definition) is 1. The fourth-order valence-electron chi connectivity index (χ4n) is 1.87. The molecule has 1 nitrogen and oxygen atoms in total. The molecule has 0 unspecified atom stereocenters. The maximum absolute atomic E-state index is 5.41. The van der Waals surface area contributed by atoms with Gasteiger partial charge in [-0.05, 0) is 18.8 Å². The van der Waals surface area contributed by atoms with Crippen LogP contribution in [0.4, 0.5) is 0 Å². The average Bonchev–Trinajstić information content (AvgIpc) is 2.16. The van der Waals surface area contributed by atoms with E-state index in [9.17, 15) is 0 Å². The van der Waals surface area contributed by atoms with Crippen LogP contribution in [0.15, 0.2) is 0 Å². The van der Waals surface area contributed by atoms with E-state index in [0.29, 0.717) is 11.8 Å². The Morgan fingerprint density at radius 1 is 1.07 bits per heavy atom. The molecule has 1 heterocycles. The summed E-state index contributed by atoms with van der Waals surface area (Å²) in [4.78, 5) is 0. The summed E-state index contributed by atoms with van der Waals surface area (Å²) < 4.78 is 5.41. The molecule has 14 heavy (non-hydrogen) atoms. The number of rotatable bonds is 1. The highest BCUT2D eigenvalue weighted by molar-refractivity contribution is 5.15. The lowest BCUT2D eigenvalue weighted by Gasteiger charge is -2.36. The van der Waals surface area contributed by atoms with E-state index >= 15 is 0 Å². The van der Waals surface area contributed by atoms with Crippen molar-refractivity contribution in [3.8, 4) is 11.8 Å². The molecule has 1 aliphatic heterocycles. The Hall–Kier alpha value is -0.480. The molecule has 1 fully saturated rings. The van der Waals surface area contributed by atoms with Crippen LogP contribution in [-0.2, 0) is 4.74 Å². The van der Waals surface area contributed by atoms with Gasteiger partial charge in [0.2, 0.25) is 0 Å². The molecule has 80 valence electrons. The van der Waals surface area contributed by atoms with Crippen LogP contribution in [0.2, 0.25) is 0 Å². The Morgan fingerprint density at radius 2 is 1.64 bits per heavy atom. The van der Waals surface area contributed by atoms with Gasteiger partial charge in [-0.1, -0.05) is 39.5 Å². The quantitative estimate of drug-likeness (QED) is 0.583. The van der Waals surface area contributed by atoms with Crippen molar-refractivity contribution in [2.45, 2.75) is 40.5 Å². The predicted molar refractivity (Wildman–Crippen MR) is 59.9 cm³/mol. The molecule has 0 bridgehead atoms. The topological polar surface area (TPSA) is 9.23 Å². The van der Waals surface area contributed by atoms with E-state index < -0.39 is 0 Å². The van der Waals surface area contributed by atoms with E-state index in [1.165, 1.54) is 0 Å². The lowest BCUT2D eigenvalue weighted by Crippen LogP contribution is -2.33. The maximum atomic E-state index is 5.41. The van der Waals surface area contributed by atoms with Crippen LogP contribution in [0, 0.1) is 29.1 Å². The number of hydrogen-bond donors (Lipinski definition) is 0. The van der Waals surface area contributed by atoms with Gasteiger partial charge in [-0.25, -0.2) is 0 Å². The summed E-state index contributed by atoms with van der Waals surface area (Å²) in [6, 6.07) is 0.